The minimum Gasteiger partial charge on any atom is -0.462 e. The molecule has 0 amide bonds. The van der Waals surface area contributed by atoms with Crippen LogP contribution in [0.5, 0.6) is 0 Å². The molecule has 0 radical (unpaired) electrons. The molecule has 1 saturated carbocycles. The van der Waals surface area contributed by atoms with Gasteiger partial charge >= 0.3 is 5.97 Å². The number of esters is 1. The Bertz CT molecular complexity index is 1470. The van der Waals surface area contributed by atoms with Gasteiger partial charge in [0.1, 0.15) is 11.5 Å². The summed E-state index contributed by atoms with van der Waals surface area (Å²) in [7, 11) is -7.99. The van der Waals surface area contributed by atoms with Gasteiger partial charge < -0.3 is 9.84 Å². The van der Waals surface area contributed by atoms with E-state index in [1.165, 1.54) is 0 Å². The molecule has 0 unspecified atom stereocenters. The smallest absolute Gasteiger partial charge is 0.338 e. The molecule has 0 aliphatic heterocycles. The maximum Gasteiger partial charge on any atom is 0.338 e. The lowest BCUT2D eigenvalue weighted by Gasteiger charge is -2.43. The Morgan fingerprint density at radius 1 is 0.738 bits per heavy atom. The summed E-state index contributed by atoms with van der Waals surface area (Å²) in [6.45, 7) is 1.32. The van der Waals surface area contributed by atoms with Crippen LogP contribution in [0.25, 0.3) is 0 Å². The van der Waals surface area contributed by atoms with Crippen LogP contribution in [-0.2, 0) is 50.4 Å². The summed E-state index contributed by atoms with van der Waals surface area (Å²) >= 11 is 0. The third-order valence-electron chi connectivity index (χ3n) is 7.51. The maximum absolute atomic E-state index is 12.9. The summed E-state index contributed by atoms with van der Waals surface area (Å²) in [6, 6.07) is 23.8. The zero-order chi connectivity index (χ0) is 30.3. The SMILES string of the molecule is CCOC(=O)c1cccc(C2(O)CCC(COS(=O)(=O)Cc3ccccc3)(COS(=O)(=O)Cc3ccccc3)CC2)c1. The van der Waals surface area contributed by atoms with Crippen molar-refractivity contribution >= 4 is 26.2 Å². The van der Waals surface area contributed by atoms with Gasteiger partial charge in [0.05, 0.1) is 31.0 Å². The molecule has 1 N–H and O–H groups in total. The van der Waals surface area contributed by atoms with Gasteiger partial charge in [-0.2, -0.15) is 16.8 Å². The molecular weight excluding hydrogens is 580 g/mol. The highest BCUT2D eigenvalue weighted by atomic mass is 32.2. The minimum absolute atomic E-state index is 0.170. The van der Waals surface area contributed by atoms with Crippen LogP contribution in [0.15, 0.2) is 84.9 Å². The van der Waals surface area contributed by atoms with E-state index in [0.717, 1.165) is 0 Å². The fourth-order valence-electron chi connectivity index (χ4n) is 5.03. The van der Waals surface area contributed by atoms with Gasteiger partial charge in [-0.15, -0.1) is 0 Å². The second-order valence-electron chi connectivity index (χ2n) is 10.7. The van der Waals surface area contributed by atoms with E-state index in [0.29, 0.717) is 22.3 Å². The van der Waals surface area contributed by atoms with Crippen molar-refractivity contribution in [2.45, 2.75) is 49.7 Å². The van der Waals surface area contributed by atoms with E-state index in [2.05, 4.69) is 0 Å². The topological polar surface area (TPSA) is 133 Å². The van der Waals surface area contributed by atoms with E-state index in [1.807, 2.05) is 0 Å². The Morgan fingerprint density at radius 3 is 1.71 bits per heavy atom. The number of hydrogen-bond donors (Lipinski definition) is 1. The van der Waals surface area contributed by atoms with Crippen LogP contribution in [-0.4, -0.2) is 47.7 Å². The van der Waals surface area contributed by atoms with Crippen LogP contribution < -0.4 is 0 Å². The predicted octanol–water partition coefficient (Wildman–Crippen LogP) is 4.70. The van der Waals surface area contributed by atoms with Gasteiger partial charge in [-0.25, -0.2) is 4.79 Å². The Balaban J connectivity index is 1.51. The summed E-state index contributed by atoms with van der Waals surface area (Å²) in [5.74, 6) is -1.16. The number of hydrogen-bond acceptors (Lipinski definition) is 9. The molecule has 11 heteroatoms. The maximum atomic E-state index is 12.9. The van der Waals surface area contributed by atoms with Crippen LogP contribution in [0, 0.1) is 5.41 Å². The van der Waals surface area contributed by atoms with Gasteiger partial charge in [0.25, 0.3) is 20.2 Å². The van der Waals surface area contributed by atoms with E-state index in [1.54, 1.807) is 91.9 Å². The number of benzene rings is 3. The van der Waals surface area contributed by atoms with E-state index in [-0.39, 0.29) is 57.0 Å². The average Bonchev–Trinajstić information content (AvgIpc) is 2.97. The zero-order valence-electron chi connectivity index (χ0n) is 23.5. The predicted molar refractivity (Wildman–Crippen MR) is 157 cm³/mol. The quantitative estimate of drug-likeness (QED) is 0.214. The molecular formula is C31H36O9S2. The van der Waals surface area contributed by atoms with E-state index >= 15 is 0 Å². The van der Waals surface area contributed by atoms with Crippen molar-refractivity contribution in [1.82, 2.24) is 0 Å². The Morgan fingerprint density at radius 2 is 1.24 bits per heavy atom. The van der Waals surface area contributed by atoms with Crippen LogP contribution in [0.4, 0.5) is 0 Å². The molecule has 0 bridgehead atoms. The van der Waals surface area contributed by atoms with Crippen molar-refractivity contribution in [2.24, 2.45) is 5.41 Å². The summed E-state index contributed by atoms with van der Waals surface area (Å²) in [6.07, 6.45) is 0.774. The normalized spacial score (nSPS) is 16.5. The van der Waals surface area contributed by atoms with Crippen molar-refractivity contribution in [1.29, 1.82) is 0 Å². The molecule has 226 valence electrons. The molecule has 1 fully saturated rings. The number of ether oxygens (including phenoxy) is 1. The van der Waals surface area contributed by atoms with Crippen LogP contribution >= 0.6 is 0 Å². The highest BCUT2D eigenvalue weighted by Gasteiger charge is 2.45. The fourth-order valence-corrected chi connectivity index (χ4v) is 7.26. The molecule has 0 spiro atoms. The van der Waals surface area contributed by atoms with Crippen molar-refractivity contribution in [3.63, 3.8) is 0 Å². The summed E-state index contributed by atoms with van der Waals surface area (Å²) < 4.78 is 67.4. The van der Waals surface area contributed by atoms with Crippen molar-refractivity contribution < 1.29 is 39.8 Å². The summed E-state index contributed by atoms with van der Waals surface area (Å²) in [5.41, 5.74) is -0.362. The van der Waals surface area contributed by atoms with Crippen LogP contribution in [0.2, 0.25) is 0 Å². The molecule has 0 atom stereocenters. The lowest BCUT2D eigenvalue weighted by atomic mass is 9.67. The van der Waals surface area contributed by atoms with E-state index in [9.17, 15) is 26.7 Å². The zero-order valence-corrected chi connectivity index (χ0v) is 25.1. The first-order valence-electron chi connectivity index (χ1n) is 13.8. The van der Waals surface area contributed by atoms with Gasteiger partial charge in [0, 0.05) is 5.41 Å². The molecule has 3 aromatic carbocycles. The lowest BCUT2D eigenvalue weighted by Crippen LogP contribution is -2.43. The lowest BCUT2D eigenvalue weighted by molar-refractivity contribution is -0.0622. The highest BCUT2D eigenvalue weighted by molar-refractivity contribution is 7.86. The molecule has 0 heterocycles. The first-order valence-corrected chi connectivity index (χ1v) is 16.9. The number of carbonyl (C=O) groups is 1. The second-order valence-corrected chi connectivity index (χ2v) is 14.0. The molecule has 4 rings (SSSR count). The second kappa shape index (κ2) is 13.5. The Labute approximate surface area is 247 Å². The summed E-state index contributed by atoms with van der Waals surface area (Å²) in [4.78, 5) is 12.3. The number of rotatable bonds is 13. The van der Waals surface area contributed by atoms with Gasteiger partial charge in [0.15, 0.2) is 0 Å². The molecule has 42 heavy (non-hydrogen) atoms. The van der Waals surface area contributed by atoms with Gasteiger partial charge in [0.2, 0.25) is 0 Å². The number of aliphatic hydroxyl groups is 1. The standard InChI is InChI=1S/C31H36O9S2/c1-2-38-29(32)27-14-9-15-28(20-27)31(33)18-16-30(17-19-31,23-39-41(34,35)21-25-10-5-3-6-11-25)24-40-42(36,37)22-26-12-7-4-8-13-26/h3-15,20,33H,2,16-19,21-24H2,1H3. The van der Waals surface area contributed by atoms with Gasteiger partial charge in [-0.05, 0) is 61.4 Å². The van der Waals surface area contributed by atoms with Gasteiger partial charge in [-0.1, -0.05) is 72.8 Å². The van der Waals surface area contributed by atoms with Crippen molar-refractivity contribution in [3.05, 3.63) is 107 Å². The first-order chi connectivity index (χ1) is 19.9. The monoisotopic (exact) mass is 616 g/mol. The molecule has 3 aromatic rings. The molecule has 1 aliphatic rings. The first kappa shape index (κ1) is 31.8. The highest BCUT2D eigenvalue weighted by Crippen LogP contribution is 2.46. The molecule has 0 aromatic heterocycles. The van der Waals surface area contributed by atoms with Crippen LogP contribution in [0.1, 0.15) is 59.7 Å². The van der Waals surface area contributed by atoms with E-state index < -0.39 is 37.2 Å². The minimum atomic E-state index is -3.99. The third kappa shape index (κ3) is 8.71. The van der Waals surface area contributed by atoms with Gasteiger partial charge in [-0.3, -0.25) is 8.37 Å². The Hall–Kier alpha value is -3.09. The average molecular weight is 617 g/mol. The van der Waals surface area contributed by atoms with Crippen molar-refractivity contribution in [3.8, 4) is 0 Å². The fraction of sp³-hybridized carbons (Fsp3) is 0.387. The van der Waals surface area contributed by atoms with E-state index in [4.69, 9.17) is 13.1 Å². The summed E-state index contributed by atoms with van der Waals surface area (Å²) in [5, 5.41) is 11.6. The molecule has 9 nitrogen and oxygen atoms in total. The molecule has 1 aliphatic carbocycles. The van der Waals surface area contributed by atoms with Crippen molar-refractivity contribution in [2.75, 3.05) is 19.8 Å². The third-order valence-corrected chi connectivity index (χ3v) is 9.84. The van der Waals surface area contributed by atoms with Crippen LogP contribution in [0.3, 0.4) is 0 Å². The Kier molecular flexibility index (Phi) is 10.2. The molecule has 0 saturated heterocycles. The number of carbonyl (C=O) groups excluding carboxylic acids is 1. The largest absolute Gasteiger partial charge is 0.462 e.